The highest BCUT2D eigenvalue weighted by atomic mass is 35.5. The lowest BCUT2D eigenvalue weighted by atomic mass is 10.2. The van der Waals surface area contributed by atoms with Gasteiger partial charge in [0.05, 0.1) is 18.7 Å². The van der Waals surface area contributed by atoms with E-state index in [1.165, 1.54) is 16.4 Å². The van der Waals surface area contributed by atoms with Gasteiger partial charge in [0.25, 0.3) is 0 Å². The normalized spacial score (nSPS) is 10.6. The van der Waals surface area contributed by atoms with E-state index < -0.39 is 0 Å². The Morgan fingerprint density at radius 1 is 1.08 bits per heavy atom. The van der Waals surface area contributed by atoms with Crippen molar-refractivity contribution in [2.45, 2.75) is 5.16 Å². The van der Waals surface area contributed by atoms with Crippen LogP contribution in [0.15, 0.2) is 53.7 Å². The molecule has 0 atom stereocenters. The first-order valence-electron chi connectivity index (χ1n) is 7.54. The van der Waals surface area contributed by atoms with Crippen molar-refractivity contribution in [3.05, 3.63) is 53.6 Å². The van der Waals surface area contributed by atoms with E-state index in [0.29, 0.717) is 28.4 Å². The number of hydrogen-bond acceptors (Lipinski definition) is 6. The SMILES string of the molecule is COc1ccc(OCCSc2nnc(-c3ccccc3Cl)n2N)cc1. The van der Waals surface area contributed by atoms with Crippen molar-refractivity contribution in [3.63, 3.8) is 0 Å². The molecule has 2 N–H and O–H groups in total. The first kappa shape index (κ1) is 17.4. The molecular formula is C17H17ClN4O2S. The standard InChI is InChI=1S/C17H17ClN4O2S/c1-23-12-6-8-13(9-7-12)24-10-11-25-17-21-20-16(22(17)19)14-4-2-3-5-15(14)18/h2-9H,10-11,19H2,1H3. The average molecular weight is 377 g/mol. The van der Waals surface area contributed by atoms with Crippen LogP contribution in [-0.4, -0.2) is 34.3 Å². The molecule has 0 amide bonds. The summed E-state index contributed by atoms with van der Waals surface area (Å²) in [4.78, 5) is 0. The molecule has 0 fully saturated rings. The van der Waals surface area contributed by atoms with Crippen molar-refractivity contribution in [1.29, 1.82) is 0 Å². The Labute approximate surface area is 154 Å². The molecule has 1 aromatic heterocycles. The fourth-order valence-corrected chi connectivity index (χ4v) is 3.06. The average Bonchev–Trinajstić information content (AvgIpc) is 3.00. The Bertz CT molecular complexity index is 839. The molecule has 0 unspecified atom stereocenters. The summed E-state index contributed by atoms with van der Waals surface area (Å²) in [5.41, 5.74) is 0.750. The lowest BCUT2D eigenvalue weighted by molar-refractivity contribution is 0.342. The number of aromatic nitrogens is 3. The van der Waals surface area contributed by atoms with Crippen LogP contribution in [0.1, 0.15) is 0 Å². The highest BCUT2D eigenvalue weighted by molar-refractivity contribution is 7.99. The second-order valence-corrected chi connectivity index (χ2v) is 6.50. The molecule has 0 saturated heterocycles. The van der Waals surface area contributed by atoms with E-state index in [2.05, 4.69) is 10.2 Å². The number of halogens is 1. The van der Waals surface area contributed by atoms with Crippen molar-refractivity contribution in [2.75, 3.05) is 25.3 Å². The summed E-state index contributed by atoms with van der Waals surface area (Å²) in [6.07, 6.45) is 0. The molecule has 3 aromatic rings. The second-order valence-electron chi connectivity index (χ2n) is 5.03. The molecule has 0 spiro atoms. The predicted molar refractivity (Wildman–Crippen MR) is 99.8 cm³/mol. The summed E-state index contributed by atoms with van der Waals surface area (Å²) >= 11 is 7.65. The van der Waals surface area contributed by atoms with Crippen LogP contribution >= 0.6 is 23.4 Å². The van der Waals surface area contributed by atoms with E-state index in [0.717, 1.165) is 17.1 Å². The summed E-state index contributed by atoms with van der Waals surface area (Å²) < 4.78 is 12.2. The van der Waals surface area contributed by atoms with Crippen molar-refractivity contribution in [1.82, 2.24) is 14.9 Å². The first-order valence-corrected chi connectivity index (χ1v) is 8.90. The Hall–Kier alpha value is -2.38. The van der Waals surface area contributed by atoms with Gasteiger partial charge in [-0.05, 0) is 36.4 Å². The van der Waals surface area contributed by atoms with Crippen molar-refractivity contribution >= 4 is 23.4 Å². The number of nitrogens with zero attached hydrogens (tertiary/aromatic N) is 3. The van der Waals surface area contributed by atoms with Crippen LogP contribution in [0.5, 0.6) is 11.5 Å². The number of nitrogens with two attached hydrogens (primary N) is 1. The Kier molecular flexibility index (Phi) is 5.67. The minimum Gasteiger partial charge on any atom is -0.497 e. The summed E-state index contributed by atoms with van der Waals surface area (Å²) in [5, 5.41) is 9.44. The highest BCUT2D eigenvalue weighted by Crippen LogP contribution is 2.27. The monoisotopic (exact) mass is 376 g/mol. The second kappa shape index (κ2) is 8.13. The lowest BCUT2D eigenvalue weighted by Crippen LogP contribution is -2.12. The molecule has 0 aliphatic carbocycles. The Morgan fingerprint density at radius 3 is 2.52 bits per heavy atom. The molecule has 130 valence electrons. The van der Waals surface area contributed by atoms with Crippen LogP contribution in [0.4, 0.5) is 0 Å². The topological polar surface area (TPSA) is 75.2 Å². The molecule has 3 rings (SSSR count). The number of hydrogen-bond donors (Lipinski definition) is 1. The van der Waals surface area contributed by atoms with Crippen LogP contribution in [-0.2, 0) is 0 Å². The van der Waals surface area contributed by atoms with Gasteiger partial charge in [-0.25, -0.2) is 4.68 Å². The third-order valence-corrected chi connectivity index (χ3v) is 4.66. The molecular weight excluding hydrogens is 360 g/mol. The maximum atomic E-state index is 6.18. The minimum atomic E-state index is 0.519. The summed E-state index contributed by atoms with van der Waals surface area (Å²) in [6, 6.07) is 14.8. The zero-order chi connectivity index (χ0) is 17.6. The number of ether oxygens (including phenoxy) is 2. The number of methoxy groups -OCH3 is 1. The summed E-state index contributed by atoms with van der Waals surface area (Å²) in [7, 11) is 1.63. The Morgan fingerprint density at radius 2 is 1.80 bits per heavy atom. The van der Waals surface area contributed by atoms with Crippen LogP contribution in [0.3, 0.4) is 0 Å². The van der Waals surface area contributed by atoms with E-state index >= 15 is 0 Å². The van der Waals surface area contributed by atoms with Crippen molar-refractivity contribution in [2.24, 2.45) is 0 Å². The molecule has 0 radical (unpaired) electrons. The van der Waals surface area contributed by atoms with E-state index in [4.69, 9.17) is 26.9 Å². The molecule has 0 bridgehead atoms. The van der Waals surface area contributed by atoms with Crippen LogP contribution in [0, 0.1) is 0 Å². The van der Waals surface area contributed by atoms with Crippen LogP contribution in [0.25, 0.3) is 11.4 Å². The number of rotatable bonds is 7. The molecule has 0 aliphatic rings. The molecule has 25 heavy (non-hydrogen) atoms. The minimum absolute atomic E-state index is 0.519. The van der Waals surface area contributed by atoms with Gasteiger partial charge in [-0.1, -0.05) is 35.5 Å². The van der Waals surface area contributed by atoms with Gasteiger partial charge in [-0.2, -0.15) is 0 Å². The van der Waals surface area contributed by atoms with Crippen molar-refractivity contribution < 1.29 is 9.47 Å². The Balaban J connectivity index is 1.56. The number of thioether (sulfide) groups is 1. The van der Waals surface area contributed by atoms with E-state index in [1.807, 2.05) is 42.5 Å². The number of nitrogen functional groups attached to an aromatic ring is 1. The molecule has 6 nitrogen and oxygen atoms in total. The summed E-state index contributed by atoms with van der Waals surface area (Å²) in [5.74, 6) is 8.88. The van der Waals surface area contributed by atoms with Crippen molar-refractivity contribution in [3.8, 4) is 22.9 Å². The molecule has 2 aromatic carbocycles. The fraction of sp³-hybridized carbons (Fsp3) is 0.176. The lowest BCUT2D eigenvalue weighted by Gasteiger charge is -2.07. The van der Waals surface area contributed by atoms with Gasteiger partial charge >= 0.3 is 0 Å². The molecule has 8 heteroatoms. The maximum absolute atomic E-state index is 6.18. The van der Waals surface area contributed by atoms with Gasteiger partial charge in [0, 0.05) is 11.3 Å². The quantitative estimate of drug-likeness (QED) is 0.386. The third kappa shape index (κ3) is 4.18. The summed E-state index contributed by atoms with van der Waals surface area (Å²) in [6.45, 7) is 0.519. The van der Waals surface area contributed by atoms with Gasteiger partial charge < -0.3 is 15.3 Å². The van der Waals surface area contributed by atoms with Gasteiger partial charge in [-0.3, -0.25) is 0 Å². The molecule has 1 heterocycles. The van der Waals surface area contributed by atoms with E-state index in [9.17, 15) is 0 Å². The van der Waals surface area contributed by atoms with Crippen LogP contribution < -0.4 is 15.3 Å². The highest BCUT2D eigenvalue weighted by Gasteiger charge is 2.14. The first-order chi connectivity index (χ1) is 12.2. The smallest absolute Gasteiger partial charge is 0.210 e. The van der Waals surface area contributed by atoms with E-state index in [-0.39, 0.29) is 0 Å². The number of benzene rings is 2. The zero-order valence-corrected chi connectivity index (χ0v) is 15.1. The van der Waals surface area contributed by atoms with Crippen LogP contribution in [0.2, 0.25) is 5.02 Å². The third-order valence-electron chi connectivity index (χ3n) is 3.42. The van der Waals surface area contributed by atoms with Gasteiger partial charge in [0.2, 0.25) is 5.16 Å². The van der Waals surface area contributed by atoms with E-state index in [1.54, 1.807) is 13.2 Å². The molecule has 0 aliphatic heterocycles. The molecule has 0 saturated carbocycles. The van der Waals surface area contributed by atoms with Gasteiger partial charge in [-0.15, -0.1) is 10.2 Å². The van der Waals surface area contributed by atoms with Gasteiger partial charge in [0.15, 0.2) is 5.82 Å². The maximum Gasteiger partial charge on any atom is 0.210 e. The largest absolute Gasteiger partial charge is 0.497 e. The fourth-order valence-electron chi connectivity index (χ4n) is 2.17. The predicted octanol–water partition coefficient (Wildman–Crippen LogP) is 3.49. The zero-order valence-electron chi connectivity index (χ0n) is 13.6. The van der Waals surface area contributed by atoms with Gasteiger partial charge in [0.1, 0.15) is 11.5 Å².